The van der Waals surface area contributed by atoms with E-state index in [1.165, 1.54) is 0 Å². The van der Waals surface area contributed by atoms with Crippen LogP contribution in [-0.4, -0.2) is 59.3 Å². The molecule has 17 nitrogen and oxygen atoms in total. The predicted octanol–water partition coefficient (Wildman–Crippen LogP) is -6.55. The molecule has 0 radical (unpaired) electrons. The van der Waals surface area contributed by atoms with Gasteiger partial charge in [0.1, 0.15) is 11.0 Å². The van der Waals surface area contributed by atoms with E-state index in [4.69, 9.17) is 42.0 Å². The van der Waals surface area contributed by atoms with Crippen LogP contribution in [0.2, 0.25) is 0 Å². The Hall–Kier alpha value is -4.11. The third-order valence-electron chi connectivity index (χ3n) is 8.09. The number of carboxylic acid groups (broad SMARTS) is 1. The summed E-state index contributed by atoms with van der Waals surface area (Å²) in [7, 11) is -9.89. The minimum absolute atomic E-state index is 0.279. The van der Waals surface area contributed by atoms with Crippen molar-refractivity contribution in [2.45, 2.75) is 12.8 Å². The number of benzene rings is 1. The minimum Gasteiger partial charge on any atom is -0.478 e. The topological polar surface area (TPSA) is 255 Å². The fourth-order valence-electron chi connectivity index (χ4n) is 6.47. The number of imidazole rings is 2. The zero-order valence-electron chi connectivity index (χ0n) is 25.0. The first-order valence-electron chi connectivity index (χ1n) is 14.5. The molecule has 2 saturated heterocycles. The summed E-state index contributed by atoms with van der Waals surface area (Å²) in [5.74, 6) is 1.21. The number of anilines is 2. The number of aromatic carboxylic acids is 1. The summed E-state index contributed by atoms with van der Waals surface area (Å²) in [5.41, 5.74) is 6.53. The standard InChI is InChI=1S/C29H27N6O3.2ClHO4/c36-27(37)20-9-10-21-24(19-20)35-26(23-8-2-4-14-33(23)29(35)31-15-17-38-18-16-31)25-22-7-1-3-13-32(22)28(34(21)25)30-11-5-6-12-30;2*2-1(3,4)5/h1-4,7-10,13-14,19H,5-6,11-12,15-18H2;2*(H,2,3,4,5)/q+1;;/p-1. The van der Waals surface area contributed by atoms with Crippen molar-refractivity contribution >= 4 is 51.0 Å². The lowest BCUT2D eigenvalue weighted by atomic mass is 10.1. The summed E-state index contributed by atoms with van der Waals surface area (Å²) in [5, 5.41) is 9.97. The van der Waals surface area contributed by atoms with Crippen LogP contribution in [0.25, 0.3) is 33.1 Å². The number of halogens is 2. The van der Waals surface area contributed by atoms with Crippen LogP contribution in [0.3, 0.4) is 0 Å². The number of morpholine rings is 1. The Morgan fingerprint density at radius 1 is 0.750 bits per heavy atom. The summed E-state index contributed by atoms with van der Waals surface area (Å²) in [4.78, 5) is 17.0. The molecule has 1 N–H and O–H groups in total. The predicted molar refractivity (Wildman–Crippen MR) is 144 cm³/mol. The highest BCUT2D eigenvalue weighted by Crippen LogP contribution is 2.33. The van der Waals surface area contributed by atoms with Crippen molar-refractivity contribution in [2.24, 2.45) is 0 Å². The summed E-state index contributed by atoms with van der Waals surface area (Å²) in [6, 6.07) is 18.2. The Morgan fingerprint density at radius 2 is 1.38 bits per heavy atom. The van der Waals surface area contributed by atoms with Gasteiger partial charge in [-0.2, -0.15) is 8.80 Å². The van der Waals surface area contributed by atoms with Crippen molar-refractivity contribution < 1.29 is 81.2 Å². The SMILES string of the molecule is O=C(O)c1ccc2c(c1)n1c(N3CCOCC3)[n+]3ccccc3c1c1c3ccccn3c(N3CCCC3)[n+]21.[O-][Cl+3]([O-])([O-])[O-].[O-][Cl+3]([O-])([O-])[O-]. The molecule has 2 fully saturated rings. The number of carboxylic acids is 1. The zero-order valence-corrected chi connectivity index (χ0v) is 26.5. The Bertz CT molecular complexity index is 2110. The van der Waals surface area contributed by atoms with Gasteiger partial charge >= 0.3 is 17.9 Å². The lowest BCUT2D eigenvalue weighted by molar-refractivity contribution is -2.00. The second-order valence-electron chi connectivity index (χ2n) is 10.9. The van der Waals surface area contributed by atoms with E-state index in [-0.39, 0.29) is 5.56 Å². The average Bonchev–Trinajstić information content (AvgIpc) is 3.75. The Balaban J connectivity index is 0.000000355. The van der Waals surface area contributed by atoms with Gasteiger partial charge < -0.3 is 9.84 Å². The molecule has 0 spiro atoms. The minimum atomic E-state index is -4.94. The molecule has 0 aliphatic carbocycles. The molecule has 0 bridgehead atoms. The third-order valence-corrected chi connectivity index (χ3v) is 8.09. The van der Waals surface area contributed by atoms with Crippen molar-refractivity contribution in [1.82, 2.24) is 8.80 Å². The van der Waals surface area contributed by atoms with E-state index in [1.54, 1.807) is 6.07 Å². The van der Waals surface area contributed by atoms with E-state index in [2.05, 4.69) is 76.2 Å². The molecule has 1 aromatic carbocycles. The molecule has 48 heavy (non-hydrogen) atoms. The molecular formula is C29H28Cl2N6O11. The largest absolute Gasteiger partial charge is 0.478 e. The second-order valence-corrected chi connectivity index (χ2v) is 12.4. The van der Waals surface area contributed by atoms with Gasteiger partial charge in [0.2, 0.25) is 0 Å². The van der Waals surface area contributed by atoms with Crippen molar-refractivity contribution in [1.29, 1.82) is 0 Å². The first kappa shape index (κ1) is 33.8. The maximum atomic E-state index is 12.2. The van der Waals surface area contributed by atoms with E-state index in [1.807, 2.05) is 12.1 Å². The number of pyridine rings is 2. The molecule has 5 aromatic heterocycles. The fraction of sp³-hybridized carbons (Fsp3) is 0.276. The maximum Gasteiger partial charge on any atom is 0.370 e. The summed E-state index contributed by atoms with van der Waals surface area (Å²) >= 11 is 0. The van der Waals surface area contributed by atoms with E-state index in [0.29, 0.717) is 13.2 Å². The van der Waals surface area contributed by atoms with Gasteiger partial charge in [-0.3, -0.25) is 9.80 Å². The van der Waals surface area contributed by atoms with Gasteiger partial charge in [0, 0.05) is 0 Å². The first-order valence-corrected chi connectivity index (χ1v) is 17.0. The van der Waals surface area contributed by atoms with E-state index < -0.39 is 26.5 Å². The second kappa shape index (κ2) is 13.1. The van der Waals surface area contributed by atoms with Gasteiger partial charge in [-0.05, 0) is 55.3 Å². The highest BCUT2D eigenvalue weighted by atomic mass is 35.7. The number of nitrogens with zero attached hydrogens (tertiary/aromatic N) is 6. The zero-order chi connectivity index (χ0) is 34.4. The fourth-order valence-corrected chi connectivity index (χ4v) is 6.47. The molecule has 7 heterocycles. The van der Waals surface area contributed by atoms with E-state index >= 15 is 0 Å². The van der Waals surface area contributed by atoms with Gasteiger partial charge in [0.05, 0.1) is 57.3 Å². The summed E-state index contributed by atoms with van der Waals surface area (Å²) in [6.07, 6.45) is 6.58. The highest BCUT2D eigenvalue weighted by molar-refractivity contribution is 6.02. The van der Waals surface area contributed by atoms with Crippen molar-refractivity contribution in [3.8, 4) is 0 Å². The molecule has 254 valence electrons. The van der Waals surface area contributed by atoms with Crippen LogP contribution in [0.1, 0.15) is 23.2 Å². The molecule has 6 aromatic rings. The van der Waals surface area contributed by atoms with Crippen LogP contribution >= 0.6 is 0 Å². The number of hydrogen-bond acceptors (Lipinski definition) is 12. The van der Waals surface area contributed by atoms with Crippen LogP contribution in [0.15, 0.2) is 67.0 Å². The third kappa shape index (κ3) is 6.75. The van der Waals surface area contributed by atoms with Crippen LogP contribution in [0, 0.1) is 20.5 Å². The van der Waals surface area contributed by atoms with Crippen molar-refractivity contribution in [3.05, 3.63) is 72.6 Å². The molecule has 0 unspecified atom stereocenters. The maximum absolute atomic E-state index is 12.2. The highest BCUT2D eigenvalue weighted by Gasteiger charge is 2.37. The summed E-state index contributed by atoms with van der Waals surface area (Å²) < 4.78 is 82.8. The van der Waals surface area contributed by atoms with Gasteiger partial charge in [0.15, 0.2) is 22.1 Å². The van der Waals surface area contributed by atoms with Crippen LogP contribution in [0.5, 0.6) is 0 Å². The van der Waals surface area contributed by atoms with Crippen molar-refractivity contribution in [2.75, 3.05) is 49.2 Å². The Labute approximate surface area is 275 Å². The lowest BCUT2D eigenvalue weighted by Crippen LogP contribution is -2.68. The van der Waals surface area contributed by atoms with Gasteiger partial charge in [-0.25, -0.2) is 50.9 Å². The van der Waals surface area contributed by atoms with Gasteiger partial charge in [-0.1, -0.05) is 12.1 Å². The van der Waals surface area contributed by atoms with Gasteiger partial charge in [0.25, 0.3) is 0 Å². The molecular weight excluding hydrogens is 679 g/mol. The average molecular weight is 707 g/mol. The molecule has 0 atom stereocenters. The number of aromatic nitrogens is 4. The normalized spacial score (nSPS) is 15.7. The Kier molecular flexibility index (Phi) is 9.20. The smallest absolute Gasteiger partial charge is 0.370 e. The van der Waals surface area contributed by atoms with Crippen LogP contribution < -0.4 is 55.9 Å². The van der Waals surface area contributed by atoms with Gasteiger partial charge in [-0.15, -0.1) is 20.5 Å². The number of fused-ring (bicyclic) bond motifs is 10. The molecule has 8 rings (SSSR count). The number of hydrogen-bond donors (Lipinski definition) is 1. The van der Waals surface area contributed by atoms with Crippen molar-refractivity contribution in [3.63, 3.8) is 0 Å². The Morgan fingerprint density at radius 3 is 2.02 bits per heavy atom. The number of carbonyl (C=O) groups is 1. The molecule has 2 aliphatic heterocycles. The van der Waals surface area contributed by atoms with E-state index in [0.717, 1.165) is 84.0 Å². The summed E-state index contributed by atoms with van der Waals surface area (Å²) in [6.45, 7) is 4.85. The molecule has 0 amide bonds. The molecule has 0 saturated carbocycles. The van der Waals surface area contributed by atoms with E-state index in [9.17, 15) is 9.90 Å². The first-order chi connectivity index (χ1) is 22.7. The lowest BCUT2D eigenvalue weighted by Gasteiger charge is -2.22. The van der Waals surface area contributed by atoms with Crippen LogP contribution in [0.4, 0.5) is 11.9 Å². The molecule has 19 heteroatoms. The number of rotatable bonds is 3. The molecule has 2 aliphatic rings. The monoisotopic (exact) mass is 706 g/mol. The quantitative estimate of drug-likeness (QED) is 0.168. The van der Waals surface area contributed by atoms with Crippen LogP contribution in [-0.2, 0) is 4.74 Å². The number of ether oxygens (including phenoxy) is 1.